The van der Waals surface area contributed by atoms with E-state index in [2.05, 4.69) is 10.3 Å². The lowest BCUT2D eigenvalue weighted by Crippen LogP contribution is -2.06. The SMILES string of the molecule is Nc1ccncc1CNc1ccc(C(F)(F)F)cc1. The van der Waals surface area contributed by atoms with Gasteiger partial charge in [0.25, 0.3) is 0 Å². The number of nitrogens with zero attached hydrogens (tertiary/aromatic N) is 1. The summed E-state index contributed by atoms with van der Waals surface area (Å²) in [6.45, 7) is 0.408. The zero-order valence-corrected chi connectivity index (χ0v) is 9.91. The Balaban J connectivity index is 2.03. The van der Waals surface area contributed by atoms with Gasteiger partial charge >= 0.3 is 6.18 Å². The molecule has 1 aromatic heterocycles. The van der Waals surface area contributed by atoms with Gasteiger partial charge in [0, 0.05) is 35.9 Å². The maximum absolute atomic E-state index is 12.4. The smallest absolute Gasteiger partial charge is 0.398 e. The molecule has 3 N–H and O–H groups in total. The van der Waals surface area contributed by atoms with Crippen LogP contribution in [0, 0.1) is 0 Å². The van der Waals surface area contributed by atoms with Gasteiger partial charge in [-0.3, -0.25) is 4.98 Å². The average molecular weight is 267 g/mol. The maximum Gasteiger partial charge on any atom is 0.416 e. The van der Waals surface area contributed by atoms with Crippen LogP contribution in [-0.2, 0) is 12.7 Å². The van der Waals surface area contributed by atoms with E-state index in [1.165, 1.54) is 12.1 Å². The molecule has 1 heterocycles. The number of rotatable bonds is 3. The lowest BCUT2D eigenvalue weighted by Gasteiger charge is -2.10. The Morgan fingerprint density at radius 1 is 1.11 bits per heavy atom. The van der Waals surface area contributed by atoms with Crippen LogP contribution < -0.4 is 11.1 Å². The minimum atomic E-state index is -4.31. The van der Waals surface area contributed by atoms with Crippen molar-refractivity contribution in [2.45, 2.75) is 12.7 Å². The standard InChI is InChI=1S/C13H12F3N3/c14-13(15,16)10-1-3-11(4-2-10)19-8-9-7-18-6-5-12(9)17/h1-7,19H,8H2,(H2,17,18). The molecule has 0 amide bonds. The largest absolute Gasteiger partial charge is 0.416 e. The number of benzene rings is 1. The van der Waals surface area contributed by atoms with Crippen LogP contribution >= 0.6 is 0 Å². The van der Waals surface area contributed by atoms with Gasteiger partial charge in [-0.1, -0.05) is 0 Å². The third kappa shape index (κ3) is 3.37. The molecule has 3 nitrogen and oxygen atoms in total. The van der Waals surface area contributed by atoms with Crippen LogP contribution in [0.2, 0.25) is 0 Å². The van der Waals surface area contributed by atoms with Gasteiger partial charge in [-0.2, -0.15) is 13.2 Å². The number of pyridine rings is 1. The minimum Gasteiger partial charge on any atom is -0.398 e. The summed E-state index contributed by atoms with van der Waals surface area (Å²) in [6.07, 6.45) is -1.12. The van der Waals surface area contributed by atoms with Crippen molar-refractivity contribution >= 4 is 11.4 Å². The van der Waals surface area contributed by atoms with Crippen LogP contribution in [0.3, 0.4) is 0 Å². The third-order valence-electron chi connectivity index (χ3n) is 2.64. The summed E-state index contributed by atoms with van der Waals surface area (Å²) in [7, 11) is 0. The molecule has 0 spiro atoms. The number of anilines is 2. The zero-order chi connectivity index (χ0) is 13.9. The van der Waals surface area contributed by atoms with E-state index >= 15 is 0 Å². The van der Waals surface area contributed by atoms with Gasteiger partial charge in [-0.15, -0.1) is 0 Å². The molecule has 0 fully saturated rings. The highest BCUT2D eigenvalue weighted by atomic mass is 19.4. The van der Waals surface area contributed by atoms with Crippen molar-refractivity contribution in [3.8, 4) is 0 Å². The Kier molecular flexibility index (Phi) is 3.59. The lowest BCUT2D eigenvalue weighted by atomic mass is 10.2. The van der Waals surface area contributed by atoms with Crippen LogP contribution in [0.25, 0.3) is 0 Å². The number of aromatic nitrogens is 1. The van der Waals surface area contributed by atoms with Gasteiger partial charge in [-0.05, 0) is 30.3 Å². The summed E-state index contributed by atoms with van der Waals surface area (Å²) in [6, 6.07) is 6.51. The molecule has 0 atom stereocenters. The van der Waals surface area contributed by atoms with Gasteiger partial charge in [-0.25, -0.2) is 0 Å². The highest BCUT2D eigenvalue weighted by Crippen LogP contribution is 2.29. The number of alkyl halides is 3. The molecule has 0 aliphatic heterocycles. The molecule has 0 unspecified atom stereocenters. The van der Waals surface area contributed by atoms with Crippen molar-refractivity contribution in [2.24, 2.45) is 0 Å². The first-order chi connectivity index (χ1) is 8.97. The number of hydrogen-bond acceptors (Lipinski definition) is 3. The molecule has 2 aromatic rings. The minimum absolute atomic E-state index is 0.408. The number of nitrogens with one attached hydrogen (secondary N) is 1. The third-order valence-corrected chi connectivity index (χ3v) is 2.64. The highest BCUT2D eigenvalue weighted by Gasteiger charge is 2.29. The average Bonchev–Trinajstić information content (AvgIpc) is 2.37. The molecule has 0 radical (unpaired) electrons. The number of hydrogen-bond donors (Lipinski definition) is 2. The van der Waals surface area contributed by atoms with Crippen molar-refractivity contribution in [1.82, 2.24) is 4.98 Å². The Morgan fingerprint density at radius 2 is 1.79 bits per heavy atom. The van der Waals surface area contributed by atoms with Gasteiger partial charge < -0.3 is 11.1 Å². The Morgan fingerprint density at radius 3 is 2.37 bits per heavy atom. The molecule has 0 saturated carbocycles. The second-order valence-electron chi connectivity index (χ2n) is 4.00. The molecule has 0 aliphatic carbocycles. The maximum atomic E-state index is 12.4. The molecule has 19 heavy (non-hydrogen) atoms. The summed E-state index contributed by atoms with van der Waals surface area (Å²) in [5.41, 5.74) is 7.05. The van der Waals surface area contributed by atoms with Crippen molar-refractivity contribution in [1.29, 1.82) is 0 Å². The summed E-state index contributed by atoms with van der Waals surface area (Å²) in [5.74, 6) is 0. The number of nitrogens with two attached hydrogens (primary N) is 1. The van der Waals surface area contributed by atoms with E-state index in [0.717, 1.165) is 17.7 Å². The fourth-order valence-electron chi connectivity index (χ4n) is 1.56. The molecule has 0 aliphatic rings. The first-order valence-electron chi connectivity index (χ1n) is 5.56. The summed E-state index contributed by atoms with van der Waals surface area (Å²) in [4.78, 5) is 3.94. The zero-order valence-electron chi connectivity index (χ0n) is 9.91. The fourth-order valence-corrected chi connectivity index (χ4v) is 1.56. The topological polar surface area (TPSA) is 50.9 Å². The van der Waals surface area contributed by atoms with E-state index in [9.17, 15) is 13.2 Å². The molecule has 0 saturated heterocycles. The van der Waals surface area contributed by atoms with Gasteiger partial charge in [0.05, 0.1) is 5.56 Å². The van der Waals surface area contributed by atoms with Crippen LogP contribution in [0.5, 0.6) is 0 Å². The van der Waals surface area contributed by atoms with E-state index in [1.807, 2.05) is 0 Å². The highest BCUT2D eigenvalue weighted by molar-refractivity contribution is 5.49. The van der Waals surface area contributed by atoms with Crippen molar-refractivity contribution in [3.05, 3.63) is 53.9 Å². The number of nitrogen functional groups attached to an aromatic ring is 1. The summed E-state index contributed by atoms with van der Waals surface area (Å²) >= 11 is 0. The van der Waals surface area contributed by atoms with Crippen molar-refractivity contribution < 1.29 is 13.2 Å². The Labute approximate surface area is 108 Å². The van der Waals surface area contributed by atoms with Crippen LogP contribution in [0.15, 0.2) is 42.7 Å². The van der Waals surface area contributed by atoms with Crippen LogP contribution in [0.4, 0.5) is 24.5 Å². The predicted octanol–water partition coefficient (Wildman–Crippen LogP) is 3.29. The van der Waals surface area contributed by atoms with E-state index in [1.54, 1.807) is 18.5 Å². The first kappa shape index (κ1) is 13.2. The van der Waals surface area contributed by atoms with Gasteiger partial charge in [0.2, 0.25) is 0 Å². The number of halogens is 3. The Hall–Kier alpha value is -2.24. The predicted molar refractivity (Wildman–Crippen MR) is 67.4 cm³/mol. The van der Waals surface area contributed by atoms with E-state index < -0.39 is 11.7 Å². The first-order valence-corrected chi connectivity index (χ1v) is 5.56. The summed E-state index contributed by atoms with van der Waals surface area (Å²) in [5, 5.41) is 2.99. The normalized spacial score (nSPS) is 11.3. The van der Waals surface area contributed by atoms with Gasteiger partial charge in [0.15, 0.2) is 0 Å². The molecular weight excluding hydrogens is 255 g/mol. The van der Waals surface area contributed by atoms with Gasteiger partial charge in [0.1, 0.15) is 0 Å². The second kappa shape index (κ2) is 5.17. The molecule has 0 bridgehead atoms. The monoisotopic (exact) mass is 267 g/mol. The summed E-state index contributed by atoms with van der Waals surface area (Å²) < 4.78 is 37.1. The fraction of sp³-hybridized carbons (Fsp3) is 0.154. The second-order valence-corrected chi connectivity index (χ2v) is 4.00. The van der Waals surface area contributed by atoms with Crippen molar-refractivity contribution in [2.75, 3.05) is 11.1 Å². The molecular formula is C13H12F3N3. The van der Waals surface area contributed by atoms with E-state index in [4.69, 9.17) is 5.73 Å². The van der Waals surface area contributed by atoms with Crippen LogP contribution in [0.1, 0.15) is 11.1 Å². The van der Waals surface area contributed by atoms with E-state index in [0.29, 0.717) is 17.9 Å². The molecule has 6 heteroatoms. The molecule has 100 valence electrons. The molecule has 1 aromatic carbocycles. The lowest BCUT2D eigenvalue weighted by molar-refractivity contribution is -0.137. The van der Waals surface area contributed by atoms with Crippen LogP contribution in [-0.4, -0.2) is 4.98 Å². The van der Waals surface area contributed by atoms with Crippen molar-refractivity contribution in [3.63, 3.8) is 0 Å². The Bertz CT molecular complexity index is 550. The molecule has 2 rings (SSSR count). The quantitative estimate of drug-likeness (QED) is 0.897. The van der Waals surface area contributed by atoms with E-state index in [-0.39, 0.29) is 0 Å².